The van der Waals surface area contributed by atoms with Crippen molar-refractivity contribution in [3.63, 3.8) is 0 Å². The van der Waals surface area contributed by atoms with Crippen LogP contribution in [0.5, 0.6) is 0 Å². The molecule has 2 aromatic rings. The Hall–Kier alpha value is -1.35. The van der Waals surface area contributed by atoms with Crippen LogP contribution in [-0.2, 0) is 6.42 Å². The third-order valence-corrected chi connectivity index (χ3v) is 3.36. The van der Waals surface area contributed by atoms with Crippen molar-refractivity contribution in [1.29, 1.82) is 0 Å². The summed E-state index contributed by atoms with van der Waals surface area (Å²) in [5.74, 6) is -0.167. The van der Waals surface area contributed by atoms with Crippen molar-refractivity contribution < 1.29 is 4.39 Å². The van der Waals surface area contributed by atoms with Gasteiger partial charge in [0, 0.05) is 16.6 Å². The standard InChI is InChI=1S/C16H23FN2/c1-11-12(8-6-10-18-16(2,3)4)13-7-5-9-14(17)15(13)19-11/h5,7,9,18-19H,6,8,10H2,1-4H3. The number of aromatic nitrogens is 1. The van der Waals surface area contributed by atoms with Crippen molar-refractivity contribution >= 4 is 10.9 Å². The average molecular weight is 262 g/mol. The molecule has 0 spiro atoms. The van der Waals surface area contributed by atoms with Crippen LogP contribution in [0.3, 0.4) is 0 Å². The largest absolute Gasteiger partial charge is 0.356 e. The van der Waals surface area contributed by atoms with Crippen LogP contribution in [0.1, 0.15) is 38.4 Å². The number of nitrogens with one attached hydrogen (secondary N) is 2. The molecule has 0 aliphatic heterocycles. The summed E-state index contributed by atoms with van der Waals surface area (Å²) in [4.78, 5) is 3.16. The van der Waals surface area contributed by atoms with E-state index in [0.29, 0.717) is 5.52 Å². The van der Waals surface area contributed by atoms with Gasteiger partial charge in [0.15, 0.2) is 0 Å². The number of H-pyrrole nitrogens is 1. The van der Waals surface area contributed by atoms with Crippen molar-refractivity contribution in [2.75, 3.05) is 6.54 Å². The molecule has 104 valence electrons. The van der Waals surface area contributed by atoms with E-state index >= 15 is 0 Å². The first-order valence-corrected chi connectivity index (χ1v) is 6.89. The summed E-state index contributed by atoms with van der Waals surface area (Å²) < 4.78 is 13.7. The summed E-state index contributed by atoms with van der Waals surface area (Å²) in [6.07, 6.45) is 2.03. The topological polar surface area (TPSA) is 27.8 Å². The fourth-order valence-corrected chi connectivity index (χ4v) is 2.42. The lowest BCUT2D eigenvalue weighted by molar-refractivity contribution is 0.422. The third kappa shape index (κ3) is 3.35. The Morgan fingerprint density at radius 3 is 2.68 bits per heavy atom. The van der Waals surface area contributed by atoms with E-state index in [0.717, 1.165) is 30.5 Å². The van der Waals surface area contributed by atoms with Gasteiger partial charge in [-0.2, -0.15) is 0 Å². The lowest BCUT2D eigenvalue weighted by Gasteiger charge is -2.20. The van der Waals surface area contributed by atoms with E-state index in [9.17, 15) is 4.39 Å². The molecule has 0 amide bonds. The summed E-state index contributed by atoms with van der Waals surface area (Å²) in [6, 6.07) is 5.28. The van der Waals surface area contributed by atoms with Crippen LogP contribution >= 0.6 is 0 Å². The second-order valence-electron chi connectivity index (χ2n) is 6.17. The first-order valence-electron chi connectivity index (χ1n) is 6.89. The van der Waals surface area contributed by atoms with E-state index < -0.39 is 0 Å². The summed E-state index contributed by atoms with van der Waals surface area (Å²) in [7, 11) is 0. The van der Waals surface area contributed by atoms with Crippen LogP contribution in [0, 0.1) is 12.7 Å². The Labute approximate surface area is 114 Å². The number of fused-ring (bicyclic) bond motifs is 1. The van der Waals surface area contributed by atoms with Crippen molar-refractivity contribution in [3.05, 3.63) is 35.3 Å². The Morgan fingerprint density at radius 2 is 2.00 bits per heavy atom. The molecule has 2 rings (SSSR count). The number of rotatable bonds is 4. The number of hydrogen-bond donors (Lipinski definition) is 2. The second-order valence-corrected chi connectivity index (χ2v) is 6.17. The zero-order valence-electron chi connectivity index (χ0n) is 12.2. The van der Waals surface area contributed by atoms with E-state index in [2.05, 4.69) is 31.1 Å². The van der Waals surface area contributed by atoms with Crippen molar-refractivity contribution in [1.82, 2.24) is 10.3 Å². The third-order valence-electron chi connectivity index (χ3n) is 3.36. The first kappa shape index (κ1) is 14.1. The van der Waals surface area contributed by atoms with Gasteiger partial charge in [-0.15, -0.1) is 0 Å². The molecule has 1 heterocycles. The van der Waals surface area contributed by atoms with Gasteiger partial charge in [-0.05, 0) is 58.7 Å². The molecule has 0 atom stereocenters. The van der Waals surface area contributed by atoms with Gasteiger partial charge in [-0.25, -0.2) is 4.39 Å². The summed E-state index contributed by atoms with van der Waals surface area (Å²) in [5, 5.41) is 4.50. The highest BCUT2D eigenvalue weighted by molar-refractivity contribution is 5.85. The monoisotopic (exact) mass is 262 g/mol. The molecule has 0 radical (unpaired) electrons. The van der Waals surface area contributed by atoms with Crippen LogP contribution in [0.2, 0.25) is 0 Å². The molecule has 1 aromatic carbocycles. The number of halogens is 1. The summed E-state index contributed by atoms with van der Waals surface area (Å²) in [5.41, 5.74) is 3.11. The van der Waals surface area contributed by atoms with Crippen LogP contribution in [0.25, 0.3) is 10.9 Å². The van der Waals surface area contributed by atoms with Gasteiger partial charge in [0.25, 0.3) is 0 Å². The molecule has 0 fully saturated rings. The Bertz CT molecular complexity index is 564. The maximum absolute atomic E-state index is 13.7. The maximum atomic E-state index is 13.7. The van der Waals surface area contributed by atoms with Crippen LogP contribution in [0.4, 0.5) is 4.39 Å². The molecule has 0 bridgehead atoms. The minimum Gasteiger partial charge on any atom is -0.356 e. The molecule has 0 unspecified atom stereocenters. The molecule has 0 saturated heterocycles. The van der Waals surface area contributed by atoms with Gasteiger partial charge in [0.2, 0.25) is 0 Å². The van der Waals surface area contributed by atoms with E-state index in [1.54, 1.807) is 6.07 Å². The minimum atomic E-state index is -0.167. The zero-order chi connectivity index (χ0) is 14.0. The SMILES string of the molecule is Cc1[nH]c2c(F)cccc2c1CCCNC(C)(C)C. The van der Waals surface area contributed by atoms with Gasteiger partial charge in [0.05, 0.1) is 5.52 Å². The van der Waals surface area contributed by atoms with Crippen molar-refractivity contribution in [2.24, 2.45) is 0 Å². The van der Waals surface area contributed by atoms with Crippen LogP contribution in [-0.4, -0.2) is 17.1 Å². The maximum Gasteiger partial charge on any atom is 0.147 e. The van der Waals surface area contributed by atoms with Gasteiger partial charge < -0.3 is 10.3 Å². The van der Waals surface area contributed by atoms with E-state index in [-0.39, 0.29) is 11.4 Å². The normalized spacial score (nSPS) is 12.3. The van der Waals surface area contributed by atoms with E-state index in [1.165, 1.54) is 11.6 Å². The second kappa shape index (κ2) is 5.33. The first-order chi connectivity index (χ1) is 8.88. The lowest BCUT2D eigenvalue weighted by Crippen LogP contribution is -2.36. The van der Waals surface area contributed by atoms with Gasteiger partial charge in [-0.3, -0.25) is 0 Å². The average Bonchev–Trinajstić information content (AvgIpc) is 2.62. The molecule has 0 aliphatic carbocycles. The number of aromatic amines is 1. The fraction of sp³-hybridized carbons (Fsp3) is 0.500. The summed E-state index contributed by atoms with van der Waals surface area (Å²) in [6.45, 7) is 9.49. The van der Waals surface area contributed by atoms with Crippen molar-refractivity contribution in [2.45, 2.75) is 46.1 Å². The molecular weight excluding hydrogens is 239 g/mol. The highest BCUT2D eigenvalue weighted by Crippen LogP contribution is 2.25. The molecular formula is C16H23FN2. The number of benzene rings is 1. The Kier molecular flexibility index (Phi) is 3.95. The highest BCUT2D eigenvalue weighted by Gasteiger charge is 2.12. The Morgan fingerprint density at radius 1 is 1.26 bits per heavy atom. The molecule has 3 heteroatoms. The molecule has 1 aromatic heterocycles. The van der Waals surface area contributed by atoms with E-state index in [4.69, 9.17) is 0 Å². The zero-order valence-corrected chi connectivity index (χ0v) is 12.2. The predicted octanol–water partition coefficient (Wildman–Crippen LogP) is 3.94. The number of hydrogen-bond acceptors (Lipinski definition) is 1. The molecule has 0 saturated carbocycles. The molecule has 2 N–H and O–H groups in total. The minimum absolute atomic E-state index is 0.154. The predicted molar refractivity (Wildman–Crippen MR) is 79.1 cm³/mol. The highest BCUT2D eigenvalue weighted by atomic mass is 19.1. The van der Waals surface area contributed by atoms with Crippen molar-refractivity contribution in [3.8, 4) is 0 Å². The van der Waals surface area contributed by atoms with Gasteiger partial charge in [-0.1, -0.05) is 12.1 Å². The van der Waals surface area contributed by atoms with Gasteiger partial charge in [0.1, 0.15) is 5.82 Å². The fourth-order valence-electron chi connectivity index (χ4n) is 2.42. The summed E-state index contributed by atoms with van der Waals surface area (Å²) >= 11 is 0. The smallest absolute Gasteiger partial charge is 0.147 e. The Balaban J connectivity index is 2.09. The van der Waals surface area contributed by atoms with Crippen LogP contribution < -0.4 is 5.32 Å². The molecule has 2 nitrogen and oxygen atoms in total. The molecule has 19 heavy (non-hydrogen) atoms. The number of para-hydroxylation sites is 1. The van der Waals surface area contributed by atoms with Gasteiger partial charge >= 0.3 is 0 Å². The van der Waals surface area contributed by atoms with Crippen LogP contribution in [0.15, 0.2) is 18.2 Å². The molecule has 0 aliphatic rings. The van der Waals surface area contributed by atoms with E-state index in [1.807, 2.05) is 13.0 Å². The lowest BCUT2D eigenvalue weighted by atomic mass is 10.0. The quantitative estimate of drug-likeness (QED) is 0.803. The number of aryl methyl sites for hydroxylation is 2.